The highest BCUT2D eigenvalue weighted by Gasteiger charge is 2.18. The first kappa shape index (κ1) is 14.7. The fourth-order valence-corrected chi connectivity index (χ4v) is 1.79. The van der Waals surface area contributed by atoms with Crippen LogP contribution in [0, 0.1) is 0 Å². The van der Waals surface area contributed by atoms with Crippen molar-refractivity contribution in [2.75, 3.05) is 21.3 Å². The van der Waals surface area contributed by atoms with Crippen molar-refractivity contribution in [3.8, 4) is 17.2 Å². The normalized spacial score (nSPS) is 10.0. The summed E-state index contributed by atoms with van der Waals surface area (Å²) in [6.45, 7) is 0.107. The van der Waals surface area contributed by atoms with Crippen LogP contribution in [0.25, 0.3) is 0 Å². The number of benzene rings is 1. The van der Waals surface area contributed by atoms with Gasteiger partial charge in [-0.3, -0.25) is 0 Å². The maximum absolute atomic E-state index is 12.1. The number of methoxy groups -OCH3 is 3. The Morgan fingerprint density at radius 1 is 1.14 bits per heavy atom. The lowest BCUT2D eigenvalue weighted by molar-refractivity contribution is 0.0467. The maximum Gasteiger partial charge on any atom is 0.338 e. The molecule has 1 aromatic heterocycles. The van der Waals surface area contributed by atoms with Crippen LogP contribution in [0.5, 0.6) is 17.2 Å². The molecule has 0 unspecified atom stereocenters. The fourth-order valence-electron chi connectivity index (χ4n) is 1.79. The van der Waals surface area contributed by atoms with E-state index in [1.165, 1.54) is 39.8 Å². The molecule has 0 fully saturated rings. The van der Waals surface area contributed by atoms with Gasteiger partial charge in [0.1, 0.15) is 6.61 Å². The molecule has 2 rings (SSSR count). The largest absolute Gasteiger partial charge is 0.493 e. The van der Waals surface area contributed by atoms with E-state index in [9.17, 15) is 4.79 Å². The van der Waals surface area contributed by atoms with Gasteiger partial charge in [0.15, 0.2) is 11.5 Å². The third-order valence-electron chi connectivity index (χ3n) is 2.81. The summed E-state index contributed by atoms with van der Waals surface area (Å²) in [4.78, 5) is 18.8. The summed E-state index contributed by atoms with van der Waals surface area (Å²) in [5.74, 6) is 0.713. The molecule has 0 saturated carbocycles. The van der Waals surface area contributed by atoms with Crippen LogP contribution in [0.3, 0.4) is 0 Å². The third kappa shape index (κ3) is 3.25. The van der Waals surface area contributed by atoms with Gasteiger partial charge in [-0.05, 0) is 12.1 Å². The molecular formula is C14H16N2O5. The molecule has 0 spiro atoms. The van der Waals surface area contributed by atoms with Crippen LogP contribution in [0.1, 0.15) is 16.1 Å². The number of hydrogen-bond donors (Lipinski definition) is 1. The van der Waals surface area contributed by atoms with Crippen molar-refractivity contribution < 1.29 is 23.7 Å². The van der Waals surface area contributed by atoms with Gasteiger partial charge < -0.3 is 23.9 Å². The highest BCUT2D eigenvalue weighted by molar-refractivity contribution is 5.91. The van der Waals surface area contributed by atoms with Crippen molar-refractivity contribution >= 4 is 5.97 Å². The molecule has 1 heterocycles. The summed E-state index contributed by atoms with van der Waals surface area (Å²) in [5.41, 5.74) is 1.01. The molecular weight excluding hydrogens is 276 g/mol. The Bertz CT molecular complexity index is 585. The first-order chi connectivity index (χ1) is 10.2. The van der Waals surface area contributed by atoms with E-state index in [4.69, 9.17) is 18.9 Å². The number of aromatic amines is 1. The Morgan fingerprint density at radius 2 is 1.81 bits per heavy atom. The van der Waals surface area contributed by atoms with Gasteiger partial charge in [-0.25, -0.2) is 9.78 Å². The van der Waals surface area contributed by atoms with Crippen molar-refractivity contribution in [2.45, 2.75) is 6.61 Å². The Hall–Kier alpha value is -2.70. The van der Waals surface area contributed by atoms with Crippen molar-refractivity contribution in [1.82, 2.24) is 9.97 Å². The van der Waals surface area contributed by atoms with E-state index in [1.807, 2.05) is 0 Å². The number of H-pyrrole nitrogens is 1. The standard InChI is InChI=1S/C14H16N2O5/c1-18-11-4-9(5-12(19-2)13(11)20-3)14(17)21-7-10-6-15-8-16-10/h4-6,8H,7H2,1-3H3,(H,15,16). The van der Waals surface area contributed by atoms with Gasteiger partial charge in [0.05, 0.1) is 45.1 Å². The molecule has 7 nitrogen and oxygen atoms in total. The lowest BCUT2D eigenvalue weighted by Gasteiger charge is -2.13. The number of ether oxygens (including phenoxy) is 4. The summed E-state index contributed by atoms with van der Waals surface area (Å²) < 4.78 is 20.8. The topological polar surface area (TPSA) is 82.7 Å². The summed E-state index contributed by atoms with van der Waals surface area (Å²) >= 11 is 0. The predicted molar refractivity (Wildman–Crippen MR) is 73.8 cm³/mol. The molecule has 0 saturated heterocycles. The highest BCUT2D eigenvalue weighted by Crippen LogP contribution is 2.38. The number of nitrogens with one attached hydrogen (secondary N) is 1. The molecule has 0 aliphatic rings. The second-order valence-electron chi connectivity index (χ2n) is 4.07. The molecule has 2 aromatic rings. The minimum atomic E-state index is -0.496. The molecule has 0 aliphatic heterocycles. The van der Waals surface area contributed by atoms with Gasteiger partial charge in [0.25, 0.3) is 0 Å². The van der Waals surface area contributed by atoms with Crippen LogP contribution in [0.2, 0.25) is 0 Å². The molecule has 0 atom stereocenters. The van der Waals surface area contributed by atoms with Crippen LogP contribution in [-0.2, 0) is 11.3 Å². The highest BCUT2D eigenvalue weighted by atomic mass is 16.5. The Morgan fingerprint density at radius 3 is 2.29 bits per heavy atom. The number of rotatable bonds is 6. The van der Waals surface area contributed by atoms with Crippen molar-refractivity contribution in [1.29, 1.82) is 0 Å². The SMILES string of the molecule is COc1cc(C(=O)OCc2cnc[nH]2)cc(OC)c1OC. The quantitative estimate of drug-likeness (QED) is 0.817. The average molecular weight is 292 g/mol. The van der Waals surface area contributed by atoms with Crippen molar-refractivity contribution in [2.24, 2.45) is 0 Å². The zero-order chi connectivity index (χ0) is 15.2. The van der Waals surface area contributed by atoms with Crippen molar-refractivity contribution in [3.05, 3.63) is 35.9 Å². The molecule has 1 N–H and O–H groups in total. The minimum Gasteiger partial charge on any atom is -0.493 e. The van der Waals surface area contributed by atoms with Crippen LogP contribution in [-0.4, -0.2) is 37.3 Å². The summed E-state index contributed by atoms with van der Waals surface area (Å²) in [5, 5.41) is 0. The van der Waals surface area contributed by atoms with E-state index in [1.54, 1.807) is 6.20 Å². The monoisotopic (exact) mass is 292 g/mol. The van der Waals surface area contributed by atoms with Gasteiger partial charge in [0.2, 0.25) is 5.75 Å². The molecule has 112 valence electrons. The van der Waals surface area contributed by atoms with Crippen LogP contribution < -0.4 is 14.2 Å². The Balaban J connectivity index is 2.20. The molecule has 7 heteroatoms. The summed E-state index contributed by atoms with van der Waals surface area (Å²) in [7, 11) is 4.46. The molecule has 0 aliphatic carbocycles. The molecule has 0 radical (unpaired) electrons. The molecule has 1 aromatic carbocycles. The third-order valence-corrected chi connectivity index (χ3v) is 2.81. The Kier molecular flexibility index (Phi) is 4.65. The smallest absolute Gasteiger partial charge is 0.338 e. The van der Waals surface area contributed by atoms with E-state index < -0.39 is 5.97 Å². The molecule has 0 bridgehead atoms. The van der Waals surface area contributed by atoms with E-state index in [0.717, 1.165) is 0 Å². The van der Waals surface area contributed by atoms with Gasteiger partial charge in [0, 0.05) is 0 Å². The number of aromatic nitrogens is 2. The second kappa shape index (κ2) is 6.65. The summed E-state index contributed by atoms with van der Waals surface area (Å²) in [6, 6.07) is 3.08. The Labute approximate surface area is 121 Å². The predicted octanol–water partition coefficient (Wildman–Crippen LogP) is 1.79. The fraction of sp³-hybridized carbons (Fsp3) is 0.286. The molecule has 21 heavy (non-hydrogen) atoms. The van der Waals surface area contributed by atoms with E-state index >= 15 is 0 Å². The van der Waals surface area contributed by atoms with Gasteiger partial charge in [-0.15, -0.1) is 0 Å². The zero-order valence-corrected chi connectivity index (χ0v) is 12.0. The lowest BCUT2D eigenvalue weighted by atomic mass is 10.2. The number of nitrogens with zero attached hydrogens (tertiary/aromatic N) is 1. The zero-order valence-electron chi connectivity index (χ0n) is 12.0. The van der Waals surface area contributed by atoms with Crippen LogP contribution in [0.4, 0.5) is 0 Å². The lowest BCUT2D eigenvalue weighted by Crippen LogP contribution is -2.07. The van der Waals surface area contributed by atoms with E-state index in [-0.39, 0.29) is 6.61 Å². The van der Waals surface area contributed by atoms with Gasteiger partial charge in [-0.1, -0.05) is 0 Å². The number of imidazole rings is 1. The number of carbonyl (C=O) groups excluding carboxylic acids is 1. The number of hydrogen-bond acceptors (Lipinski definition) is 6. The van der Waals surface area contributed by atoms with Crippen LogP contribution in [0.15, 0.2) is 24.7 Å². The number of esters is 1. The number of carbonyl (C=O) groups is 1. The van der Waals surface area contributed by atoms with Gasteiger partial charge >= 0.3 is 5.97 Å². The average Bonchev–Trinajstić information content (AvgIpc) is 3.04. The first-order valence-corrected chi connectivity index (χ1v) is 6.14. The minimum absolute atomic E-state index is 0.107. The van der Waals surface area contributed by atoms with Crippen LogP contribution >= 0.6 is 0 Å². The van der Waals surface area contributed by atoms with E-state index in [0.29, 0.717) is 28.5 Å². The van der Waals surface area contributed by atoms with Gasteiger partial charge in [-0.2, -0.15) is 0 Å². The second-order valence-corrected chi connectivity index (χ2v) is 4.07. The van der Waals surface area contributed by atoms with E-state index in [2.05, 4.69) is 9.97 Å². The maximum atomic E-state index is 12.1. The van der Waals surface area contributed by atoms with Crippen molar-refractivity contribution in [3.63, 3.8) is 0 Å². The first-order valence-electron chi connectivity index (χ1n) is 6.14. The summed E-state index contributed by atoms with van der Waals surface area (Å²) in [6.07, 6.45) is 3.10. The molecule has 0 amide bonds.